The molecule has 0 saturated carbocycles. The average Bonchev–Trinajstić information content (AvgIpc) is 3.35. The summed E-state index contributed by atoms with van der Waals surface area (Å²) in [6, 6.07) is 35.2. The fourth-order valence-electron chi connectivity index (χ4n) is 10.9. The number of halogens is 8. The Kier molecular flexibility index (Phi) is 12.0. The molecule has 0 spiro atoms. The lowest BCUT2D eigenvalue weighted by Gasteiger charge is -2.23. The monoisotopic (exact) mass is 1100 g/mol. The summed E-state index contributed by atoms with van der Waals surface area (Å²) >= 11 is 57.8. The number of ether oxygens (including phenoxy) is 2. The van der Waals surface area contributed by atoms with E-state index in [0.29, 0.717) is 101 Å². The molecule has 12 aromatic rings. The van der Waals surface area contributed by atoms with Gasteiger partial charge in [-0.15, -0.1) is 0 Å². The van der Waals surface area contributed by atoms with Gasteiger partial charge in [0.1, 0.15) is 0 Å². The molecule has 0 aliphatic carbocycles. The van der Waals surface area contributed by atoms with Gasteiger partial charge in [0.25, 0.3) is 0 Å². The maximum atomic E-state index is 13.5. The summed E-state index contributed by atoms with van der Waals surface area (Å²) in [6.07, 6.45) is -1.22. The van der Waals surface area contributed by atoms with Gasteiger partial charge in [0.05, 0.1) is 18.8 Å². The van der Waals surface area contributed by atoms with Crippen molar-refractivity contribution in [3.8, 4) is 22.3 Å². The highest BCUT2D eigenvalue weighted by molar-refractivity contribution is 6.56. The van der Waals surface area contributed by atoms with E-state index < -0.39 is 12.3 Å². The summed E-state index contributed by atoms with van der Waals surface area (Å²) in [6.45, 7) is 8.63. The Bertz CT molecular complexity index is 4280. The van der Waals surface area contributed by atoms with Gasteiger partial charge in [-0.2, -0.15) is 0 Å². The average molecular weight is 1110 g/mol. The summed E-state index contributed by atoms with van der Waals surface area (Å²) in [7, 11) is 0. The molecule has 0 saturated heterocycles. The second kappa shape index (κ2) is 18.0. The number of hydrogen-bond acceptors (Lipinski definition) is 4. The Morgan fingerprint density at radius 1 is 0.417 bits per heavy atom. The molecule has 358 valence electrons. The first-order chi connectivity index (χ1) is 34.5. The highest BCUT2D eigenvalue weighted by Gasteiger charge is 2.28. The van der Waals surface area contributed by atoms with E-state index in [2.05, 4.69) is 36.4 Å². The SMILES string of the molecule is CC(C)COC(=O)c1cc(Cl)c2c3c(Cl)ccc4c(-c5ccc6cc(-c7cc(Cl)c8c9c(Cl)ccc%10c(C(O)OCC(C)C)cc(Cl)c(c%11c(Cl)ccc7c8%11)c%109)ccc6c5)cc(Cl)c(c5c(Cl)ccc1c25)c43. The molecule has 0 aromatic heterocycles. The number of aliphatic hydroxyl groups is 1. The second-order valence-electron chi connectivity index (χ2n) is 19.4. The van der Waals surface area contributed by atoms with Crippen molar-refractivity contribution in [1.29, 1.82) is 0 Å². The first-order valence-electron chi connectivity index (χ1n) is 23.3. The number of esters is 1. The van der Waals surface area contributed by atoms with Gasteiger partial charge in [-0.1, -0.05) is 169 Å². The van der Waals surface area contributed by atoms with Crippen molar-refractivity contribution in [2.75, 3.05) is 13.2 Å². The smallest absolute Gasteiger partial charge is 0.338 e. The summed E-state index contributed by atoms with van der Waals surface area (Å²) in [5.41, 5.74) is 4.54. The van der Waals surface area contributed by atoms with Gasteiger partial charge < -0.3 is 14.6 Å². The van der Waals surface area contributed by atoms with E-state index >= 15 is 0 Å². The maximum absolute atomic E-state index is 13.5. The molecular weight excluding hydrogens is 1070 g/mol. The fraction of sp³-hybridized carbons (Fsp3) is 0.150. The molecule has 1 unspecified atom stereocenters. The van der Waals surface area contributed by atoms with Gasteiger partial charge in [-0.05, 0) is 127 Å². The topological polar surface area (TPSA) is 55.8 Å². The molecule has 1 N–H and O–H groups in total. The van der Waals surface area contributed by atoms with Crippen LogP contribution in [0.3, 0.4) is 0 Å². The highest BCUT2D eigenvalue weighted by Crippen LogP contribution is 2.55. The number of hydrogen-bond donors (Lipinski definition) is 1. The molecule has 0 fully saturated rings. The van der Waals surface area contributed by atoms with E-state index in [1.165, 1.54) is 0 Å². The first-order valence-corrected chi connectivity index (χ1v) is 26.4. The van der Waals surface area contributed by atoms with Gasteiger partial charge in [0.2, 0.25) is 0 Å². The van der Waals surface area contributed by atoms with Crippen LogP contribution in [-0.4, -0.2) is 24.3 Å². The third-order valence-corrected chi connectivity index (χ3v) is 16.4. The number of carbonyl (C=O) groups excluding carboxylic acids is 1. The first kappa shape index (κ1) is 48.2. The largest absolute Gasteiger partial charge is 0.462 e. The molecular formula is C60H38Cl8O4. The van der Waals surface area contributed by atoms with E-state index in [0.717, 1.165) is 76.1 Å². The van der Waals surface area contributed by atoms with Crippen molar-refractivity contribution >= 4 is 196 Å². The van der Waals surface area contributed by atoms with Crippen LogP contribution in [0.25, 0.3) is 119 Å². The molecule has 0 aliphatic heterocycles. The Balaban J connectivity index is 1.02. The van der Waals surface area contributed by atoms with Crippen LogP contribution in [0.15, 0.2) is 109 Å². The lowest BCUT2D eigenvalue weighted by Crippen LogP contribution is -2.11. The zero-order valence-electron chi connectivity index (χ0n) is 38.7. The maximum Gasteiger partial charge on any atom is 0.338 e. The summed E-state index contributed by atoms with van der Waals surface area (Å²) < 4.78 is 11.6. The molecule has 0 aliphatic rings. The quantitative estimate of drug-likeness (QED) is 0.0677. The van der Waals surface area contributed by atoms with Gasteiger partial charge in [-0.3, -0.25) is 0 Å². The molecule has 4 nitrogen and oxygen atoms in total. The molecule has 0 bridgehead atoms. The van der Waals surface area contributed by atoms with Crippen LogP contribution in [0.5, 0.6) is 0 Å². The minimum atomic E-state index is -1.22. The predicted molar refractivity (Wildman–Crippen MR) is 308 cm³/mol. The van der Waals surface area contributed by atoms with Crippen LogP contribution in [0.2, 0.25) is 40.2 Å². The van der Waals surface area contributed by atoms with E-state index in [-0.39, 0.29) is 18.4 Å². The fourth-order valence-corrected chi connectivity index (χ4v) is 13.1. The van der Waals surface area contributed by atoms with E-state index in [1.54, 1.807) is 18.2 Å². The van der Waals surface area contributed by atoms with E-state index in [4.69, 9.17) is 102 Å². The Labute approximate surface area is 453 Å². The predicted octanol–water partition coefficient (Wildman–Crippen LogP) is 21.0. The van der Waals surface area contributed by atoms with Gasteiger partial charge in [0, 0.05) is 110 Å². The van der Waals surface area contributed by atoms with Gasteiger partial charge in [-0.25, -0.2) is 4.79 Å². The standard InChI is InChI=1S/C60H38Cl8O4/c1-25(2)23-71-59(69)37-21-45(67)57-49-33(37)11-15-41(63)53(49)55-43(65)19-35(31-9-13-39(61)51(57)47(31)55)29-7-5-28-18-30(8-6-27(28)17-29)36-20-44(66)56-48-32(36)10-14-40(62)52(48)58-46(68)22-38(60(70)72-24-26(3)4)34-12-16-42(64)54(56)50(34)58/h5-22,25-26,59,69H,23-24H2,1-4H3. The number of carbonyl (C=O) groups is 1. The van der Waals surface area contributed by atoms with Crippen molar-refractivity contribution in [3.63, 3.8) is 0 Å². The lowest BCUT2D eigenvalue weighted by molar-refractivity contribution is -0.109. The van der Waals surface area contributed by atoms with Crippen LogP contribution in [0.4, 0.5) is 0 Å². The van der Waals surface area contributed by atoms with Crippen LogP contribution in [-0.2, 0) is 9.47 Å². The highest BCUT2D eigenvalue weighted by atomic mass is 35.5. The Morgan fingerprint density at radius 2 is 0.792 bits per heavy atom. The molecule has 12 aromatic carbocycles. The number of aliphatic hydroxyl groups excluding tert-OH is 1. The van der Waals surface area contributed by atoms with Crippen molar-refractivity contribution in [2.45, 2.75) is 34.0 Å². The molecule has 1 atom stereocenters. The zero-order valence-corrected chi connectivity index (χ0v) is 44.8. The Morgan fingerprint density at radius 3 is 1.25 bits per heavy atom. The molecule has 12 rings (SSSR count). The van der Waals surface area contributed by atoms with Crippen LogP contribution < -0.4 is 0 Å². The zero-order chi connectivity index (χ0) is 50.3. The van der Waals surface area contributed by atoms with Crippen molar-refractivity contribution in [3.05, 3.63) is 161 Å². The van der Waals surface area contributed by atoms with Crippen molar-refractivity contribution in [2.24, 2.45) is 11.8 Å². The summed E-state index contributed by atoms with van der Waals surface area (Å²) in [5.74, 6) is -0.111. The molecule has 0 radical (unpaired) electrons. The van der Waals surface area contributed by atoms with Gasteiger partial charge in [0.15, 0.2) is 6.29 Å². The van der Waals surface area contributed by atoms with Crippen LogP contribution in [0.1, 0.15) is 49.9 Å². The Hall–Kier alpha value is -4.79. The third-order valence-electron chi connectivity index (χ3n) is 13.9. The van der Waals surface area contributed by atoms with Crippen LogP contribution in [0, 0.1) is 11.8 Å². The molecule has 12 heteroatoms. The summed E-state index contributed by atoms with van der Waals surface area (Å²) in [4.78, 5) is 13.5. The number of rotatable bonds is 9. The number of fused-ring (bicyclic) bond motifs is 5. The lowest BCUT2D eigenvalue weighted by atomic mass is 9.85. The second-order valence-corrected chi connectivity index (χ2v) is 22.7. The molecule has 0 heterocycles. The molecule has 0 amide bonds. The van der Waals surface area contributed by atoms with Gasteiger partial charge >= 0.3 is 5.97 Å². The third kappa shape index (κ3) is 7.35. The summed E-state index contributed by atoms with van der Waals surface area (Å²) in [5, 5.41) is 28.9. The van der Waals surface area contributed by atoms with E-state index in [9.17, 15) is 9.90 Å². The number of benzene rings is 12. The van der Waals surface area contributed by atoms with Crippen LogP contribution >= 0.6 is 92.8 Å². The molecule has 72 heavy (non-hydrogen) atoms. The van der Waals surface area contributed by atoms with E-state index in [1.807, 2.05) is 82.3 Å². The van der Waals surface area contributed by atoms with Crippen molar-refractivity contribution in [1.82, 2.24) is 0 Å². The normalized spacial score (nSPS) is 12.9. The minimum absolute atomic E-state index is 0.151. The minimum Gasteiger partial charge on any atom is -0.462 e. The van der Waals surface area contributed by atoms with Crippen molar-refractivity contribution < 1.29 is 19.4 Å².